The standard InChI is InChI=1S/C29H42O5/c1-20-12-16-24(29(5,6)21-10-8-7-9-11-21)25(18-20)34-26(30)17-15-22-13-14-23(19-32-22)33-27(31)28(2,3)4/h7-11,15,17,20,22-25H,12-14,16,18-19H2,1-6H3/b17-15+/t20-,22-,23-,24-,25-/m1/s1. The summed E-state index contributed by atoms with van der Waals surface area (Å²) in [6.45, 7) is 12.6. The van der Waals surface area contributed by atoms with E-state index in [0.29, 0.717) is 18.9 Å². The molecular weight excluding hydrogens is 428 g/mol. The fourth-order valence-electron chi connectivity index (χ4n) is 5.06. The van der Waals surface area contributed by atoms with E-state index in [4.69, 9.17) is 14.2 Å². The second-order valence-electron chi connectivity index (χ2n) is 11.7. The Kier molecular flexibility index (Phi) is 8.62. The van der Waals surface area contributed by atoms with Crippen molar-refractivity contribution >= 4 is 11.9 Å². The van der Waals surface area contributed by atoms with Crippen molar-refractivity contribution in [3.05, 3.63) is 48.0 Å². The molecule has 2 fully saturated rings. The van der Waals surface area contributed by atoms with Crippen molar-refractivity contribution < 1.29 is 23.8 Å². The van der Waals surface area contributed by atoms with Crippen molar-refractivity contribution in [1.29, 1.82) is 0 Å². The summed E-state index contributed by atoms with van der Waals surface area (Å²) >= 11 is 0. The van der Waals surface area contributed by atoms with Crippen LogP contribution < -0.4 is 0 Å². The fraction of sp³-hybridized carbons (Fsp3) is 0.655. The molecule has 188 valence electrons. The second kappa shape index (κ2) is 11.1. The van der Waals surface area contributed by atoms with E-state index < -0.39 is 5.41 Å². The van der Waals surface area contributed by atoms with Gasteiger partial charge in [-0.15, -0.1) is 0 Å². The van der Waals surface area contributed by atoms with Crippen LogP contribution in [-0.2, 0) is 29.2 Å². The maximum absolute atomic E-state index is 12.8. The van der Waals surface area contributed by atoms with Gasteiger partial charge < -0.3 is 14.2 Å². The van der Waals surface area contributed by atoms with E-state index in [1.165, 1.54) is 11.6 Å². The Morgan fingerprint density at radius 3 is 2.29 bits per heavy atom. The normalized spacial score (nSPS) is 28.5. The van der Waals surface area contributed by atoms with Gasteiger partial charge in [0.1, 0.15) is 12.2 Å². The smallest absolute Gasteiger partial charge is 0.330 e. The molecule has 5 nitrogen and oxygen atoms in total. The molecule has 0 spiro atoms. The van der Waals surface area contributed by atoms with Crippen LogP contribution in [0.4, 0.5) is 0 Å². The summed E-state index contributed by atoms with van der Waals surface area (Å²) in [5, 5.41) is 0. The van der Waals surface area contributed by atoms with Gasteiger partial charge in [0.2, 0.25) is 0 Å². The minimum absolute atomic E-state index is 0.0813. The number of rotatable bonds is 6. The third-order valence-electron chi connectivity index (χ3n) is 7.37. The highest BCUT2D eigenvalue weighted by Crippen LogP contribution is 2.43. The van der Waals surface area contributed by atoms with Crippen molar-refractivity contribution in [1.82, 2.24) is 0 Å². The van der Waals surface area contributed by atoms with Crippen LogP contribution in [-0.4, -0.2) is 36.9 Å². The molecule has 0 bridgehead atoms. The van der Waals surface area contributed by atoms with E-state index in [1.54, 1.807) is 6.08 Å². The van der Waals surface area contributed by atoms with Crippen LogP contribution in [0.5, 0.6) is 0 Å². The molecule has 0 amide bonds. The highest BCUT2D eigenvalue weighted by molar-refractivity contribution is 5.82. The lowest BCUT2D eigenvalue weighted by molar-refractivity contribution is -0.166. The molecule has 3 rings (SSSR count). The van der Waals surface area contributed by atoms with Crippen molar-refractivity contribution in [2.45, 2.75) is 97.4 Å². The second-order valence-corrected chi connectivity index (χ2v) is 11.7. The van der Waals surface area contributed by atoms with E-state index in [2.05, 4.69) is 45.0 Å². The molecule has 0 radical (unpaired) electrons. The van der Waals surface area contributed by atoms with Crippen molar-refractivity contribution in [3.8, 4) is 0 Å². The van der Waals surface area contributed by atoms with Crippen LogP contribution in [0, 0.1) is 17.3 Å². The summed E-state index contributed by atoms with van der Waals surface area (Å²) in [5.41, 5.74) is 0.676. The first-order chi connectivity index (χ1) is 16.0. The molecule has 1 aromatic rings. The lowest BCUT2D eigenvalue weighted by Crippen LogP contribution is -2.43. The Morgan fingerprint density at radius 2 is 1.68 bits per heavy atom. The molecule has 5 heteroatoms. The van der Waals surface area contributed by atoms with Gasteiger partial charge in [0, 0.05) is 12.0 Å². The Bertz CT molecular complexity index is 843. The SMILES string of the molecule is C[C@@H]1CC[C@@H](C(C)(C)c2ccccc2)[C@H](OC(=O)/C=C/[C@H]2CC[C@@H](OC(=O)C(C)(C)C)CO2)C1. The number of carbonyl (C=O) groups is 2. The maximum Gasteiger partial charge on any atom is 0.330 e. The minimum atomic E-state index is -0.524. The van der Waals surface area contributed by atoms with Crippen LogP contribution in [0.15, 0.2) is 42.5 Å². The van der Waals surface area contributed by atoms with E-state index in [1.807, 2.05) is 26.8 Å². The zero-order valence-electron chi connectivity index (χ0n) is 21.7. The summed E-state index contributed by atoms with van der Waals surface area (Å²) < 4.78 is 17.4. The highest BCUT2D eigenvalue weighted by Gasteiger charge is 2.41. The monoisotopic (exact) mass is 470 g/mol. The minimum Gasteiger partial charge on any atom is -0.460 e. The topological polar surface area (TPSA) is 61.8 Å². The van der Waals surface area contributed by atoms with Gasteiger partial charge >= 0.3 is 11.9 Å². The van der Waals surface area contributed by atoms with Gasteiger partial charge in [-0.05, 0) is 69.4 Å². The van der Waals surface area contributed by atoms with E-state index in [-0.39, 0.29) is 41.6 Å². The predicted octanol–water partition coefficient (Wildman–Crippen LogP) is 6.01. The maximum atomic E-state index is 12.8. The summed E-state index contributed by atoms with van der Waals surface area (Å²) in [5.74, 6) is 0.290. The molecule has 0 N–H and O–H groups in total. The zero-order valence-corrected chi connectivity index (χ0v) is 21.7. The van der Waals surface area contributed by atoms with E-state index in [0.717, 1.165) is 25.7 Å². The van der Waals surface area contributed by atoms with Crippen LogP contribution >= 0.6 is 0 Å². The molecule has 5 atom stereocenters. The molecular formula is C29H42O5. The molecule has 1 saturated carbocycles. The van der Waals surface area contributed by atoms with Gasteiger partial charge in [0.05, 0.1) is 18.1 Å². The lowest BCUT2D eigenvalue weighted by atomic mass is 9.64. The highest BCUT2D eigenvalue weighted by atomic mass is 16.6. The number of benzene rings is 1. The summed E-state index contributed by atoms with van der Waals surface area (Å²) in [6.07, 6.45) is 7.31. The Balaban J connectivity index is 1.55. The molecule has 1 saturated heterocycles. The Hall–Kier alpha value is -2.14. The van der Waals surface area contributed by atoms with Crippen LogP contribution in [0.1, 0.15) is 79.2 Å². The summed E-state index contributed by atoms with van der Waals surface area (Å²) in [6, 6.07) is 10.5. The van der Waals surface area contributed by atoms with Crippen LogP contribution in [0.25, 0.3) is 0 Å². The van der Waals surface area contributed by atoms with Crippen molar-refractivity contribution in [2.24, 2.45) is 17.3 Å². The average molecular weight is 471 g/mol. The lowest BCUT2D eigenvalue weighted by Gasteiger charge is -2.43. The fourth-order valence-corrected chi connectivity index (χ4v) is 5.06. The van der Waals surface area contributed by atoms with Gasteiger partial charge in [-0.25, -0.2) is 4.79 Å². The average Bonchev–Trinajstić information content (AvgIpc) is 2.78. The Morgan fingerprint density at radius 1 is 0.971 bits per heavy atom. The van der Waals surface area contributed by atoms with Gasteiger partial charge in [-0.1, -0.05) is 57.5 Å². The predicted molar refractivity (Wildman–Crippen MR) is 133 cm³/mol. The molecule has 1 aromatic carbocycles. The van der Waals surface area contributed by atoms with E-state index in [9.17, 15) is 9.59 Å². The van der Waals surface area contributed by atoms with Gasteiger partial charge in [-0.3, -0.25) is 4.79 Å². The summed E-state index contributed by atoms with van der Waals surface area (Å²) in [7, 11) is 0. The molecule has 1 aliphatic heterocycles. The number of carbonyl (C=O) groups excluding carboxylic acids is 2. The largest absolute Gasteiger partial charge is 0.460 e. The molecule has 2 aliphatic rings. The number of ether oxygens (including phenoxy) is 3. The van der Waals surface area contributed by atoms with Crippen molar-refractivity contribution in [2.75, 3.05) is 6.61 Å². The van der Waals surface area contributed by atoms with Gasteiger partial charge in [-0.2, -0.15) is 0 Å². The van der Waals surface area contributed by atoms with Gasteiger partial charge in [0.25, 0.3) is 0 Å². The first-order valence-corrected chi connectivity index (χ1v) is 12.7. The first kappa shape index (κ1) is 26.5. The molecule has 1 aliphatic carbocycles. The molecule has 34 heavy (non-hydrogen) atoms. The van der Waals surface area contributed by atoms with E-state index >= 15 is 0 Å². The zero-order chi connectivity index (χ0) is 24.9. The molecule has 1 heterocycles. The number of esters is 2. The van der Waals surface area contributed by atoms with Crippen LogP contribution in [0.3, 0.4) is 0 Å². The summed E-state index contributed by atoms with van der Waals surface area (Å²) in [4.78, 5) is 24.8. The third-order valence-corrected chi connectivity index (χ3v) is 7.37. The molecule has 0 unspecified atom stereocenters. The van der Waals surface area contributed by atoms with Crippen LogP contribution in [0.2, 0.25) is 0 Å². The molecule has 0 aromatic heterocycles. The third kappa shape index (κ3) is 6.94. The number of hydrogen-bond acceptors (Lipinski definition) is 5. The quantitative estimate of drug-likeness (QED) is 0.377. The Labute approximate surface area is 205 Å². The number of hydrogen-bond donors (Lipinski definition) is 0. The first-order valence-electron chi connectivity index (χ1n) is 12.7. The van der Waals surface area contributed by atoms with Gasteiger partial charge in [0.15, 0.2) is 0 Å². The van der Waals surface area contributed by atoms with Crippen molar-refractivity contribution in [3.63, 3.8) is 0 Å².